The quantitative estimate of drug-likeness (QED) is 0.757. The molecule has 0 aliphatic heterocycles. The molecular formula is C17H20N4O. The maximum absolute atomic E-state index is 5.33. The monoisotopic (exact) mass is 296 g/mol. The third-order valence-electron chi connectivity index (χ3n) is 3.38. The number of hydrogen-bond acceptors (Lipinski definition) is 4. The molecule has 0 unspecified atom stereocenters. The minimum atomic E-state index is 0.237. The fourth-order valence-corrected chi connectivity index (χ4v) is 2.24. The lowest BCUT2D eigenvalue weighted by molar-refractivity contribution is 0.457. The summed E-state index contributed by atoms with van der Waals surface area (Å²) in [6, 6.07) is 14.2. The first kappa shape index (κ1) is 14.5. The summed E-state index contributed by atoms with van der Waals surface area (Å²) in [5, 5.41) is 12.6. The molecule has 114 valence electrons. The van der Waals surface area contributed by atoms with Crippen molar-refractivity contribution in [2.24, 2.45) is 0 Å². The molecule has 22 heavy (non-hydrogen) atoms. The van der Waals surface area contributed by atoms with Gasteiger partial charge in [-0.25, -0.2) is 0 Å². The van der Waals surface area contributed by atoms with Crippen molar-refractivity contribution in [3.8, 4) is 11.3 Å². The summed E-state index contributed by atoms with van der Waals surface area (Å²) in [6.45, 7) is 5.48. The molecule has 0 saturated carbocycles. The van der Waals surface area contributed by atoms with Crippen LogP contribution in [0.5, 0.6) is 0 Å². The highest BCUT2D eigenvalue weighted by atomic mass is 16.3. The molecule has 0 bridgehead atoms. The van der Waals surface area contributed by atoms with Gasteiger partial charge in [0, 0.05) is 12.1 Å². The minimum absolute atomic E-state index is 0.237. The van der Waals surface area contributed by atoms with Crippen LogP contribution in [0.4, 0.5) is 0 Å². The van der Waals surface area contributed by atoms with Gasteiger partial charge in [-0.1, -0.05) is 30.3 Å². The Balaban J connectivity index is 1.79. The van der Waals surface area contributed by atoms with Crippen LogP contribution in [-0.2, 0) is 13.1 Å². The van der Waals surface area contributed by atoms with Gasteiger partial charge in [0.15, 0.2) is 0 Å². The molecule has 0 saturated heterocycles. The van der Waals surface area contributed by atoms with E-state index in [0.717, 1.165) is 22.7 Å². The molecule has 0 aliphatic rings. The topological polar surface area (TPSA) is 55.9 Å². The summed E-state index contributed by atoms with van der Waals surface area (Å²) in [6.07, 6.45) is 1.68. The molecule has 0 aliphatic carbocycles. The molecule has 3 rings (SSSR count). The highest BCUT2D eigenvalue weighted by Gasteiger charge is 2.14. The standard InChI is InChI=1S/C17H20N4O/c1-13(2)21-19-16(12-18-11-15-9-6-10-22-15)17(20-21)14-7-4-3-5-8-14/h3-10,13,18H,11-12H2,1-2H3. The van der Waals surface area contributed by atoms with Crippen molar-refractivity contribution in [1.82, 2.24) is 20.3 Å². The third-order valence-corrected chi connectivity index (χ3v) is 3.38. The predicted molar refractivity (Wildman–Crippen MR) is 85.1 cm³/mol. The maximum Gasteiger partial charge on any atom is 0.117 e. The van der Waals surface area contributed by atoms with E-state index in [9.17, 15) is 0 Å². The highest BCUT2D eigenvalue weighted by molar-refractivity contribution is 5.60. The van der Waals surface area contributed by atoms with E-state index < -0.39 is 0 Å². The number of nitrogens with one attached hydrogen (secondary N) is 1. The molecule has 5 nitrogen and oxygen atoms in total. The van der Waals surface area contributed by atoms with Crippen molar-refractivity contribution in [1.29, 1.82) is 0 Å². The number of furan rings is 1. The molecule has 0 atom stereocenters. The molecule has 2 heterocycles. The summed E-state index contributed by atoms with van der Waals surface area (Å²) in [5.41, 5.74) is 2.97. The van der Waals surface area contributed by atoms with E-state index in [-0.39, 0.29) is 6.04 Å². The first-order chi connectivity index (χ1) is 10.7. The molecule has 0 spiro atoms. The van der Waals surface area contributed by atoms with Crippen LogP contribution in [0, 0.1) is 0 Å². The minimum Gasteiger partial charge on any atom is -0.468 e. The molecular weight excluding hydrogens is 276 g/mol. The van der Waals surface area contributed by atoms with Gasteiger partial charge in [-0.3, -0.25) is 0 Å². The number of benzene rings is 1. The van der Waals surface area contributed by atoms with Crippen molar-refractivity contribution < 1.29 is 4.42 Å². The van der Waals surface area contributed by atoms with E-state index in [4.69, 9.17) is 4.42 Å². The number of nitrogens with zero attached hydrogens (tertiary/aromatic N) is 3. The Bertz CT molecular complexity index is 702. The second kappa shape index (κ2) is 6.58. The third kappa shape index (κ3) is 3.26. The van der Waals surface area contributed by atoms with E-state index in [1.54, 1.807) is 11.1 Å². The van der Waals surface area contributed by atoms with Gasteiger partial charge in [-0.2, -0.15) is 15.0 Å². The highest BCUT2D eigenvalue weighted by Crippen LogP contribution is 2.21. The number of aromatic nitrogens is 3. The Morgan fingerprint density at radius 2 is 1.86 bits per heavy atom. The summed E-state index contributed by atoms with van der Waals surface area (Å²) in [5.74, 6) is 0.914. The Morgan fingerprint density at radius 3 is 2.55 bits per heavy atom. The van der Waals surface area contributed by atoms with Gasteiger partial charge in [-0.05, 0) is 26.0 Å². The van der Waals surface area contributed by atoms with E-state index in [1.807, 2.05) is 30.3 Å². The van der Waals surface area contributed by atoms with Crippen LogP contribution in [0.2, 0.25) is 0 Å². The van der Waals surface area contributed by atoms with E-state index >= 15 is 0 Å². The van der Waals surface area contributed by atoms with E-state index in [0.29, 0.717) is 13.1 Å². The van der Waals surface area contributed by atoms with Gasteiger partial charge < -0.3 is 9.73 Å². The lowest BCUT2D eigenvalue weighted by Gasteiger charge is -2.02. The Morgan fingerprint density at radius 1 is 1.05 bits per heavy atom. The predicted octanol–water partition coefficient (Wildman–Crippen LogP) is 3.41. The second-order valence-corrected chi connectivity index (χ2v) is 5.46. The SMILES string of the molecule is CC(C)n1nc(CNCc2ccco2)c(-c2ccccc2)n1. The lowest BCUT2D eigenvalue weighted by Crippen LogP contribution is -2.13. The fraction of sp³-hybridized carbons (Fsp3) is 0.294. The second-order valence-electron chi connectivity index (χ2n) is 5.46. The summed E-state index contributed by atoms with van der Waals surface area (Å²) in [7, 11) is 0. The van der Waals surface area contributed by atoms with Gasteiger partial charge in [0.25, 0.3) is 0 Å². The van der Waals surface area contributed by atoms with Crippen LogP contribution >= 0.6 is 0 Å². The summed E-state index contributed by atoms with van der Waals surface area (Å²) >= 11 is 0. The number of hydrogen-bond donors (Lipinski definition) is 1. The van der Waals surface area contributed by atoms with Crippen molar-refractivity contribution >= 4 is 0 Å². The molecule has 3 aromatic rings. The first-order valence-corrected chi connectivity index (χ1v) is 7.48. The first-order valence-electron chi connectivity index (χ1n) is 7.48. The molecule has 0 radical (unpaired) electrons. The van der Waals surface area contributed by atoms with Gasteiger partial charge in [-0.15, -0.1) is 0 Å². The summed E-state index contributed by atoms with van der Waals surface area (Å²) in [4.78, 5) is 1.77. The van der Waals surface area contributed by atoms with E-state index in [1.165, 1.54) is 0 Å². The van der Waals surface area contributed by atoms with Crippen molar-refractivity contribution in [2.45, 2.75) is 33.0 Å². The zero-order chi connectivity index (χ0) is 15.4. The molecule has 1 N–H and O–H groups in total. The fourth-order valence-electron chi connectivity index (χ4n) is 2.24. The molecule has 1 aromatic carbocycles. The Labute approximate surface area is 130 Å². The molecule has 0 fully saturated rings. The van der Waals surface area contributed by atoms with E-state index in [2.05, 4.69) is 41.5 Å². The van der Waals surface area contributed by atoms with Crippen LogP contribution in [-0.4, -0.2) is 15.0 Å². The van der Waals surface area contributed by atoms with Gasteiger partial charge in [0.1, 0.15) is 17.1 Å². The average molecular weight is 296 g/mol. The van der Waals surface area contributed by atoms with Gasteiger partial charge >= 0.3 is 0 Å². The van der Waals surface area contributed by atoms with Crippen LogP contribution in [0.1, 0.15) is 31.3 Å². The average Bonchev–Trinajstić information content (AvgIpc) is 3.18. The Hall–Kier alpha value is -2.40. The van der Waals surface area contributed by atoms with Crippen molar-refractivity contribution in [3.05, 3.63) is 60.2 Å². The van der Waals surface area contributed by atoms with Crippen molar-refractivity contribution in [2.75, 3.05) is 0 Å². The normalized spacial score (nSPS) is 11.2. The van der Waals surface area contributed by atoms with Gasteiger partial charge in [0.05, 0.1) is 18.8 Å². The van der Waals surface area contributed by atoms with Crippen molar-refractivity contribution in [3.63, 3.8) is 0 Å². The maximum atomic E-state index is 5.33. The lowest BCUT2D eigenvalue weighted by atomic mass is 10.1. The Kier molecular flexibility index (Phi) is 4.34. The smallest absolute Gasteiger partial charge is 0.117 e. The van der Waals surface area contributed by atoms with Crippen LogP contribution < -0.4 is 5.32 Å². The molecule has 5 heteroatoms. The molecule has 0 amide bonds. The van der Waals surface area contributed by atoms with Crippen LogP contribution in [0.15, 0.2) is 53.1 Å². The zero-order valence-electron chi connectivity index (χ0n) is 12.9. The summed E-state index contributed by atoms with van der Waals surface area (Å²) < 4.78 is 5.33. The molecule has 2 aromatic heterocycles. The largest absolute Gasteiger partial charge is 0.468 e. The van der Waals surface area contributed by atoms with Crippen LogP contribution in [0.3, 0.4) is 0 Å². The number of rotatable bonds is 6. The van der Waals surface area contributed by atoms with Crippen LogP contribution in [0.25, 0.3) is 11.3 Å². The van der Waals surface area contributed by atoms with Gasteiger partial charge in [0.2, 0.25) is 0 Å². The zero-order valence-corrected chi connectivity index (χ0v) is 12.9.